The molecule has 0 aliphatic carbocycles. The molecule has 0 heterocycles. The molecule has 0 aromatic heterocycles. The van der Waals surface area contributed by atoms with Crippen LogP contribution in [0.2, 0.25) is 0 Å². The van der Waals surface area contributed by atoms with Crippen molar-refractivity contribution in [2.45, 2.75) is 0 Å². The summed E-state index contributed by atoms with van der Waals surface area (Å²) >= 11 is 0. The maximum absolute atomic E-state index is 9.44. The second-order valence-corrected chi connectivity index (χ2v) is 1.39. The zero-order valence-electron chi connectivity index (χ0n) is 3.59. The Morgan fingerprint density at radius 1 is 1.57 bits per heavy atom. The summed E-state index contributed by atoms with van der Waals surface area (Å²) in [6.07, 6.45) is 0. The van der Waals surface area contributed by atoms with Crippen LogP contribution in [-0.4, -0.2) is 13.2 Å². The first-order valence-electron chi connectivity index (χ1n) is 1.66. The molecule has 0 radical (unpaired) electrons. The van der Waals surface area contributed by atoms with Crippen molar-refractivity contribution in [2.75, 3.05) is 13.2 Å². The second-order valence-electron chi connectivity index (χ2n) is 0.791. The van der Waals surface area contributed by atoms with Gasteiger partial charge in [0.2, 0.25) is 0 Å². The van der Waals surface area contributed by atoms with Crippen molar-refractivity contribution >= 4 is 0 Å². The molecule has 0 saturated carbocycles. The summed E-state index contributed by atoms with van der Waals surface area (Å²) in [5, 5.41) is 0. The van der Waals surface area contributed by atoms with Crippen molar-refractivity contribution in [1.29, 1.82) is 0 Å². The summed E-state index contributed by atoms with van der Waals surface area (Å²) in [7, 11) is -2.10. The Hall–Kier alpha value is 0.130. The molecule has 0 aromatic rings. The highest BCUT2D eigenvalue weighted by Gasteiger charge is 2.01. The summed E-state index contributed by atoms with van der Waals surface area (Å²) in [5.74, 6) is 0. The number of nitrogens with two attached hydrogens (primary N) is 1. The van der Waals surface area contributed by atoms with E-state index in [0.29, 0.717) is 0 Å². The fourth-order valence-corrected chi connectivity index (χ4v) is 0.323. The lowest BCUT2D eigenvalue weighted by Crippen LogP contribution is -2.35. The third-order valence-corrected chi connectivity index (χ3v) is 0.617. The molecule has 0 bridgehead atoms. The van der Waals surface area contributed by atoms with Crippen molar-refractivity contribution < 1.29 is 24.4 Å². The smallest absolute Gasteiger partial charge is 0.285 e. The average Bonchev–Trinajstić information content (AvgIpc) is 1.61. The monoisotopic (exact) mass is 127 g/mol. The summed E-state index contributed by atoms with van der Waals surface area (Å²) in [6.45, 7) is 0.270. The highest BCUT2D eigenvalue weighted by atomic mass is 35.6. The average molecular weight is 128 g/mol. The first kappa shape index (κ1) is 7.13. The highest BCUT2D eigenvalue weighted by Crippen LogP contribution is 1.71. The lowest BCUT2D eigenvalue weighted by Gasteiger charge is -1.89. The molecular weight excluding hydrogens is 121 g/mol. The van der Waals surface area contributed by atoms with Crippen molar-refractivity contribution in [3.8, 4) is 0 Å². The van der Waals surface area contributed by atoms with Gasteiger partial charge >= 0.3 is 0 Å². The molecule has 0 rings (SSSR count). The predicted molar refractivity (Wildman–Crippen MR) is 15.0 cm³/mol. The zero-order chi connectivity index (χ0) is 5.70. The van der Waals surface area contributed by atoms with E-state index in [2.05, 4.69) is 4.29 Å². The quantitative estimate of drug-likeness (QED) is 0.440. The van der Waals surface area contributed by atoms with Gasteiger partial charge in [-0.15, -0.1) is 0 Å². The molecule has 0 aliphatic heterocycles. The molecule has 0 aromatic carbocycles. The Morgan fingerprint density at radius 3 is 2.29 bits per heavy atom. The van der Waals surface area contributed by atoms with Crippen molar-refractivity contribution in [1.82, 2.24) is 0 Å². The van der Waals surface area contributed by atoms with Crippen molar-refractivity contribution in [3.05, 3.63) is 0 Å². The molecule has 5 heteroatoms. The fourth-order valence-electron chi connectivity index (χ4n) is 0.108. The standard InChI is InChI=1S/C2H6ClNO3/c4-1-2-7-3(5)6/h1-2,4H2. The van der Waals surface area contributed by atoms with Gasteiger partial charge in [-0.25, -0.2) is 0 Å². The summed E-state index contributed by atoms with van der Waals surface area (Å²) in [4.78, 5) is 0. The Morgan fingerprint density at radius 2 is 2.14 bits per heavy atom. The molecular formula is C2H6ClNO3. The normalized spacial score (nSPS) is 10.3. The van der Waals surface area contributed by atoms with Gasteiger partial charge in [-0.3, -0.25) is 0 Å². The maximum atomic E-state index is 9.44. The van der Waals surface area contributed by atoms with Crippen molar-refractivity contribution in [3.63, 3.8) is 0 Å². The lowest BCUT2D eigenvalue weighted by molar-refractivity contribution is -1.63. The van der Waals surface area contributed by atoms with Crippen LogP contribution in [0.3, 0.4) is 0 Å². The van der Waals surface area contributed by atoms with E-state index < -0.39 is 10.8 Å². The largest absolute Gasteiger partial charge is 0.328 e. The van der Waals surface area contributed by atoms with Crippen LogP contribution in [0.4, 0.5) is 0 Å². The van der Waals surface area contributed by atoms with Gasteiger partial charge in [0.25, 0.3) is 10.8 Å². The number of halogens is 1. The van der Waals surface area contributed by atoms with Crippen LogP contribution in [0.1, 0.15) is 0 Å². The minimum absolute atomic E-state index is 0.0491. The number of hydrogen-bond acceptors (Lipinski definition) is 4. The van der Waals surface area contributed by atoms with E-state index in [-0.39, 0.29) is 13.2 Å². The van der Waals surface area contributed by atoms with Gasteiger partial charge in [0.05, 0.1) is 0 Å². The zero-order valence-corrected chi connectivity index (χ0v) is 4.35. The molecule has 0 unspecified atom stereocenters. The first-order chi connectivity index (χ1) is 3.27. The molecule has 0 saturated heterocycles. The lowest BCUT2D eigenvalue weighted by atomic mass is 10.8. The molecule has 0 amide bonds. The Balaban J connectivity index is 2.68. The van der Waals surface area contributed by atoms with E-state index >= 15 is 0 Å². The van der Waals surface area contributed by atoms with Crippen LogP contribution in [0.25, 0.3) is 0 Å². The Kier molecular flexibility index (Phi) is 4.37. The SMILES string of the molecule is NCCO[Cl+2]([O-])[O-]. The molecule has 7 heavy (non-hydrogen) atoms. The predicted octanol–water partition coefficient (Wildman–Crippen LogP) is -2.95. The van der Waals surface area contributed by atoms with Crippen LogP contribution in [0.5, 0.6) is 0 Å². The van der Waals surface area contributed by atoms with Gasteiger partial charge < -0.3 is 15.1 Å². The Labute approximate surface area is 44.3 Å². The van der Waals surface area contributed by atoms with Crippen molar-refractivity contribution in [2.24, 2.45) is 5.73 Å². The summed E-state index contributed by atoms with van der Waals surface area (Å²) < 4.78 is 22.8. The molecule has 44 valence electrons. The highest BCUT2D eigenvalue weighted by molar-refractivity contribution is 4.19. The topological polar surface area (TPSA) is 81.4 Å². The van der Waals surface area contributed by atoms with Gasteiger partial charge in [-0.05, 0) is 0 Å². The van der Waals surface area contributed by atoms with Crippen LogP contribution in [-0.2, 0) is 4.29 Å². The molecule has 0 spiro atoms. The van der Waals surface area contributed by atoms with Crippen LogP contribution >= 0.6 is 0 Å². The van der Waals surface area contributed by atoms with Crippen LogP contribution in [0.15, 0.2) is 0 Å². The van der Waals surface area contributed by atoms with E-state index in [0.717, 1.165) is 0 Å². The summed E-state index contributed by atoms with van der Waals surface area (Å²) in [5.41, 5.74) is 4.87. The van der Waals surface area contributed by atoms with Gasteiger partial charge in [0.15, 0.2) is 6.61 Å². The van der Waals surface area contributed by atoms with Crippen LogP contribution < -0.4 is 15.1 Å². The van der Waals surface area contributed by atoms with Gasteiger partial charge in [-0.1, -0.05) is 0 Å². The molecule has 4 nitrogen and oxygen atoms in total. The maximum Gasteiger partial charge on any atom is 0.285 e. The minimum Gasteiger partial charge on any atom is -0.328 e. The molecule has 0 aliphatic rings. The Bertz CT molecular complexity index is 41.9. The summed E-state index contributed by atoms with van der Waals surface area (Å²) in [6, 6.07) is 0. The van der Waals surface area contributed by atoms with Gasteiger partial charge in [0, 0.05) is 10.8 Å². The third kappa shape index (κ3) is 6.13. The van der Waals surface area contributed by atoms with Crippen LogP contribution in [0, 0.1) is 10.8 Å². The van der Waals surface area contributed by atoms with E-state index in [1.807, 2.05) is 0 Å². The number of rotatable bonds is 3. The molecule has 0 atom stereocenters. The second kappa shape index (κ2) is 4.29. The fraction of sp³-hybridized carbons (Fsp3) is 1.00. The first-order valence-corrected chi connectivity index (χ1v) is 2.59. The molecule has 0 fully saturated rings. The van der Waals surface area contributed by atoms with E-state index in [1.165, 1.54) is 0 Å². The van der Waals surface area contributed by atoms with E-state index in [9.17, 15) is 9.32 Å². The van der Waals surface area contributed by atoms with E-state index in [4.69, 9.17) is 5.73 Å². The number of hydrogen-bond donors (Lipinski definition) is 1. The minimum atomic E-state index is -2.10. The third-order valence-electron chi connectivity index (χ3n) is 0.284. The van der Waals surface area contributed by atoms with E-state index in [1.54, 1.807) is 0 Å². The molecule has 2 N–H and O–H groups in total. The van der Waals surface area contributed by atoms with Gasteiger partial charge in [-0.2, -0.15) is 0 Å². The van der Waals surface area contributed by atoms with Gasteiger partial charge in [0.1, 0.15) is 0 Å².